The summed E-state index contributed by atoms with van der Waals surface area (Å²) in [5.74, 6) is -1.15. The van der Waals surface area contributed by atoms with Crippen molar-refractivity contribution in [2.24, 2.45) is 0 Å². The molecule has 0 spiro atoms. The fourth-order valence-electron chi connectivity index (χ4n) is 1.28. The fraction of sp³-hybridized carbons (Fsp3) is 0.300. The smallest absolute Gasteiger partial charge is 0.334 e. The highest BCUT2D eigenvalue weighted by atomic mass is 35.5. The molecule has 0 bridgehead atoms. The van der Waals surface area contributed by atoms with E-state index in [4.69, 9.17) is 21.4 Å². The van der Waals surface area contributed by atoms with Gasteiger partial charge in [0, 0.05) is 18.2 Å². The van der Waals surface area contributed by atoms with Gasteiger partial charge in [-0.15, -0.1) is 0 Å². The van der Waals surface area contributed by atoms with Crippen molar-refractivity contribution in [3.63, 3.8) is 0 Å². The van der Waals surface area contributed by atoms with Gasteiger partial charge < -0.3 is 15.2 Å². The van der Waals surface area contributed by atoms with Gasteiger partial charge in [0.1, 0.15) is 5.69 Å². The van der Waals surface area contributed by atoms with Gasteiger partial charge in [0.25, 0.3) is 5.69 Å². The van der Waals surface area contributed by atoms with Crippen molar-refractivity contribution in [2.75, 3.05) is 19.0 Å². The van der Waals surface area contributed by atoms with E-state index in [1.807, 2.05) is 0 Å². The molecule has 0 aliphatic heterocycles. The van der Waals surface area contributed by atoms with Crippen LogP contribution in [-0.4, -0.2) is 35.8 Å². The molecule has 1 aromatic rings. The van der Waals surface area contributed by atoms with E-state index in [9.17, 15) is 14.9 Å². The van der Waals surface area contributed by atoms with Crippen molar-refractivity contribution < 1.29 is 19.6 Å². The van der Waals surface area contributed by atoms with Crippen LogP contribution in [0.5, 0.6) is 0 Å². The van der Waals surface area contributed by atoms with Crippen molar-refractivity contribution in [2.45, 2.75) is 6.10 Å². The number of ether oxygens (including phenoxy) is 1. The Kier molecular flexibility index (Phi) is 4.87. The Morgan fingerprint density at radius 1 is 1.67 bits per heavy atom. The molecule has 0 saturated heterocycles. The maximum atomic E-state index is 10.8. The number of nitro benzene ring substituents is 1. The van der Waals surface area contributed by atoms with Crippen LogP contribution in [0, 0.1) is 10.1 Å². The van der Waals surface area contributed by atoms with Crippen molar-refractivity contribution in [1.82, 2.24) is 0 Å². The zero-order valence-corrected chi connectivity index (χ0v) is 10.2. The number of aliphatic carboxylic acids is 1. The zero-order valence-electron chi connectivity index (χ0n) is 9.42. The van der Waals surface area contributed by atoms with Crippen LogP contribution in [0.2, 0.25) is 5.02 Å². The molecule has 1 aromatic carbocycles. The van der Waals surface area contributed by atoms with Crippen LogP contribution in [0.25, 0.3) is 0 Å². The van der Waals surface area contributed by atoms with Crippen LogP contribution in [0.4, 0.5) is 11.4 Å². The molecule has 0 aromatic heterocycles. The highest BCUT2D eigenvalue weighted by Crippen LogP contribution is 2.27. The number of anilines is 1. The summed E-state index contributed by atoms with van der Waals surface area (Å²) in [5.41, 5.74) is -0.0320. The van der Waals surface area contributed by atoms with Gasteiger partial charge in [-0.2, -0.15) is 0 Å². The van der Waals surface area contributed by atoms with Gasteiger partial charge in [-0.1, -0.05) is 11.6 Å². The maximum Gasteiger partial charge on any atom is 0.334 e. The largest absolute Gasteiger partial charge is 0.479 e. The van der Waals surface area contributed by atoms with Crippen LogP contribution in [0.3, 0.4) is 0 Å². The molecule has 0 amide bonds. The van der Waals surface area contributed by atoms with Crippen molar-refractivity contribution in [1.29, 1.82) is 0 Å². The topological polar surface area (TPSA) is 102 Å². The first-order chi connectivity index (χ1) is 8.45. The first-order valence-corrected chi connectivity index (χ1v) is 5.27. The molecule has 2 N–H and O–H groups in total. The number of hydrogen-bond acceptors (Lipinski definition) is 5. The van der Waals surface area contributed by atoms with E-state index in [0.29, 0.717) is 0 Å². The van der Waals surface area contributed by atoms with E-state index in [-0.39, 0.29) is 22.9 Å². The molecule has 0 aliphatic rings. The quantitative estimate of drug-likeness (QED) is 0.605. The SMILES string of the molecule is COC(CNc1ccc(Cl)cc1[N+](=O)[O-])C(=O)O. The minimum absolute atomic E-state index is 0.0890. The van der Waals surface area contributed by atoms with E-state index >= 15 is 0 Å². The van der Waals surface area contributed by atoms with Gasteiger partial charge in [-0.05, 0) is 12.1 Å². The van der Waals surface area contributed by atoms with E-state index in [0.717, 1.165) is 0 Å². The highest BCUT2D eigenvalue weighted by molar-refractivity contribution is 6.30. The summed E-state index contributed by atoms with van der Waals surface area (Å²) in [5, 5.41) is 22.4. The monoisotopic (exact) mass is 274 g/mol. The van der Waals surface area contributed by atoms with Gasteiger partial charge >= 0.3 is 5.97 Å². The summed E-state index contributed by atoms with van der Waals surface area (Å²) in [4.78, 5) is 20.9. The zero-order chi connectivity index (χ0) is 13.7. The van der Waals surface area contributed by atoms with Crippen molar-refractivity contribution in [3.8, 4) is 0 Å². The molecule has 98 valence electrons. The predicted molar refractivity (Wildman–Crippen MR) is 65.0 cm³/mol. The summed E-state index contributed by atoms with van der Waals surface area (Å²) in [7, 11) is 1.25. The van der Waals surface area contributed by atoms with Crippen LogP contribution in [0.15, 0.2) is 18.2 Å². The Labute approximate surface area is 107 Å². The Balaban J connectivity index is 2.84. The van der Waals surface area contributed by atoms with Crippen LogP contribution < -0.4 is 5.32 Å². The fourth-order valence-corrected chi connectivity index (χ4v) is 1.45. The van der Waals surface area contributed by atoms with Gasteiger partial charge in [-0.3, -0.25) is 10.1 Å². The minimum atomic E-state index is -1.15. The minimum Gasteiger partial charge on any atom is -0.479 e. The number of carbonyl (C=O) groups is 1. The number of methoxy groups -OCH3 is 1. The third-order valence-corrected chi connectivity index (χ3v) is 2.43. The molecular weight excluding hydrogens is 264 g/mol. The Morgan fingerprint density at radius 3 is 2.83 bits per heavy atom. The lowest BCUT2D eigenvalue weighted by Crippen LogP contribution is -2.30. The van der Waals surface area contributed by atoms with E-state index in [2.05, 4.69) is 5.32 Å². The predicted octanol–water partition coefficient (Wildman–Crippen LogP) is 1.76. The number of halogens is 1. The number of carboxylic acids is 1. The van der Waals surface area contributed by atoms with Crippen molar-refractivity contribution >= 4 is 28.9 Å². The second-order valence-electron chi connectivity index (χ2n) is 3.36. The van der Waals surface area contributed by atoms with E-state index in [1.165, 1.54) is 25.3 Å². The van der Waals surface area contributed by atoms with Gasteiger partial charge in [0.05, 0.1) is 11.5 Å². The molecule has 1 rings (SSSR count). The number of carboxylic acid groups (broad SMARTS) is 1. The standard InChI is InChI=1S/C10H11ClN2O5/c1-18-9(10(14)15)5-12-7-3-2-6(11)4-8(7)13(16)17/h2-4,9,12H,5H2,1H3,(H,14,15). The van der Waals surface area contributed by atoms with Gasteiger partial charge in [-0.25, -0.2) is 4.79 Å². The molecule has 8 heteroatoms. The third-order valence-electron chi connectivity index (χ3n) is 2.19. The van der Waals surface area contributed by atoms with Gasteiger partial charge in [0.2, 0.25) is 0 Å². The number of rotatable bonds is 6. The summed E-state index contributed by atoms with van der Waals surface area (Å²) in [6.45, 7) is -0.0890. The molecule has 0 aliphatic carbocycles. The van der Waals surface area contributed by atoms with E-state index in [1.54, 1.807) is 0 Å². The molecule has 0 fully saturated rings. The Morgan fingerprint density at radius 2 is 2.33 bits per heavy atom. The maximum absolute atomic E-state index is 10.8. The second-order valence-corrected chi connectivity index (χ2v) is 3.80. The van der Waals surface area contributed by atoms with Crippen LogP contribution in [-0.2, 0) is 9.53 Å². The highest BCUT2D eigenvalue weighted by Gasteiger charge is 2.19. The first-order valence-electron chi connectivity index (χ1n) is 4.89. The number of nitrogens with zero attached hydrogens (tertiary/aromatic N) is 1. The molecular formula is C10H11ClN2O5. The molecule has 0 radical (unpaired) electrons. The Bertz CT molecular complexity index is 466. The van der Waals surface area contributed by atoms with Crippen LogP contribution >= 0.6 is 11.6 Å². The molecule has 0 saturated carbocycles. The number of benzene rings is 1. The van der Waals surface area contributed by atoms with Crippen LogP contribution in [0.1, 0.15) is 0 Å². The third kappa shape index (κ3) is 3.57. The lowest BCUT2D eigenvalue weighted by atomic mass is 10.2. The van der Waals surface area contributed by atoms with E-state index < -0.39 is 17.0 Å². The molecule has 7 nitrogen and oxygen atoms in total. The van der Waals surface area contributed by atoms with Crippen molar-refractivity contribution in [3.05, 3.63) is 33.3 Å². The summed E-state index contributed by atoms with van der Waals surface area (Å²) >= 11 is 5.65. The number of nitro groups is 1. The lowest BCUT2D eigenvalue weighted by molar-refractivity contribution is -0.383. The summed E-state index contributed by atoms with van der Waals surface area (Å²) in [6.07, 6.45) is -1.08. The summed E-state index contributed by atoms with van der Waals surface area (Å²) in [6, 6.07) is 4.07. The lowest BCUT2D eigenvalue weighted by Gasteiger charge is -2.12. The first kappa shape index (κ1) is 14.2. The normalized spacial score (nSPS) is 11.9. The second kappa shape index (κ2) is 6.18. The number of nitrogens with one attached hydrogen (secondary N) is 1. The number of hydrogen-bond donors (Lipinski definition) is 2. The molecule has 18 heavy (non-hydrogen) atoms. The molecule has 0 heterocycles. The average Bonchev–Trinajstić information content (AvgIpc) is 2.30. The Hall–Kier alpha value is -1.86. The average molecular weight is 275 g/mol. The van der Waals surface area contributed by atoms with Gasteiger partial charge in [0.15, 0.2) is 6.10 Å². The molecule has 1 unspecified atom stereocenters. The molecule has 1 atom stereocenters. The summed E-state index contributed by atoms with van der Waals surface area (Å²) < 4.78 is 4.70.